The lowest BCUT2D eigenvalue weighted by atomic mass is 9.85. The van der Waals surface area contributed by atoms with Gasteiger partial charge in [0.05, 0.1) is 10.7 Å². The van der Waals surface area contributed by atoms with Crippen LogP contribution >= 0.6 is 0 Å². The first-order valence-electron chi connectivity index (χ1n) is 5.36. The second-order valence-electron chi connectivity index (χ2n) is 4.26. The van der Waals surface area contributed by atoms with Crippen LogP contribution in [0.2, 0.25) is 0 Å². The Hall–Kier alpha value is -1.05. The van der Waals surface area contributed by atoms with Crippen LogP contribution in [0.1, 0.15) is 26.7 Å². The molecule has 1 rings (SSSR count). The van der Waals surface area contributed by atoms with Crippen LogP contribution in [-0.4, -0.2) is 13.7 Å². The highest BCUT2D eigenvalue weighted by Crippen LogP contribution is 2.34. The highest BCUT2D eigenvalue weighted by Gasteiger charge is 2.34. The molecule has 0 aliphatic heterocycles. The molecule has 0 N–H and O–H groups in total. The Morgan fingerprint density at radius 1 is 1.50 bits per heavy atom. The summed E-state index contributed by atoms with van der Waals surface area (Å²) in [7, 11) is -3.28. The standard InChI is InChI=1S/C13H18O2S/c1-5-9-16(14,15)13-10(3)7-8-12(6-2)11(13)4/h6,9-10,13H,1-2,7-8H2,3-4H3/t10-,13+/m1/s1. The van der Waals surface area contributed by atoms with E-state index < -0.39 is 15.1 Å². The Morgan fingerprint density at radius 3 is 2.62 bits per heavy atom. The highest BCUT2D eigenvalue weighted by atomic mass is 32.2. The molecule has 88 valence electrons. The molecule has 0 aromatic heterocycles. The minimum Gasteiger partial charge on any atom is -0.223 e. The van der Waals surface area contributed by atoms with Gasteiger partial charge in [-0.05, 0) is 31.3 Å². The van der Waals surface area contributed by atoms with E-state index in [-0.39, 0.29) is 5.92 Å². The molecule has 0 spiro atoms. The molecule has 3 heteroatoms. The van der Waals surface area contributed by atoms with E-state index in [0.717, 1.165) is 29.4 Å². The van der Waals surface area contributed by atoms with Crippen molar-refractivity contribution in [3.05, 3.63) is 41.5 Å². The topological polar surface area (TPSA) is 34.1 Å². The lowest BCUT2D eigenvalue weighted by Gasteiger charge is -2.29. The average molecular weight is 238 g/mol. The largest absolute Gasteiger partial charge is 0.223 e. The number of hydrogen-bond donors (Lipinski definition) is 0. The third-order valence-corrected chi connectivity index (χ3v) is 5.19. The van der Waals surface area contributed by atoms with Crippen molar-refractivity contribution in [2.75, 3.05) is 0 Å². The summed E-state index contributed by atoms with van der Waals surface area (Å²) >= 11 is 0. The molecule has 0 unspecified atom stereocenters. The zero-order chi connectivity index (χ0) is 12.3. The minimum atomic E-state index is -3.28. The first kappa shape index (κ1) is 13.0. The van der Waals surface area contributed by atoms with Crippen LogP contribution in [-0.2, 0) is 9.84 Å². The molecule has 0 aromatic carbocycles. The SMILES string of the molecule is C=C=CS(=O)(=O)[C@@H]1C(C)=C(C=C)CC[C@H]1C. The Labute approximate surface area is 98.0 Å². The molecule has 0 saturated heterocycles. The Bertz CT molecular complexity index is 462. The van der Waals surface area contributed by atoms with Gasteiger partial charge in [0.2, 0.25) is 0 Å². The molecule has 0 radical (unpaired) electrons. The Balaban J connectivity index is 3.30. The van der Waals surface area contributed by atoms with Gasteiger partial charge in [0.1, 0.15) is 0 Å². The van der Waals surface area contributed by atoms with Crippen LogP contribution in [0.4, 0.5) is 0 Å². The maximum atomic E-state index is 12.0. The van der Waals surface area contributed by atoms with Crippen LogP contribution in [0.5, 0.6) is 0 Å². The van der Waals surface area contributed by atoms with Gasteiger partial charge in [-0.1, -0.05) is 31.7 Å². The van der Waals surface area contributed by atoms with E-state index in [4.69, 9.17) is 0 Å². The molecular formula is C13H18O2S. The minimum absolute atomic E-state index is 0.137. The number of hydrogen-bond acceptors (Lipinski definition) is 2. The molecule has 0 heterocycles. The van der Waals surface area contributed by atoms with Crippen LogP contribution in [0.15, 0.2) is 41.5 Å². The summed E-state index contributed by atoms with van der Waals surface area (Å²) in [6.07, 6.45) is 3.56. The van der Waals surface area contributed by atoms with Crippen molar-refractivity contribution >= 4 is 9.84 Å². The molecule has 0 fully saturated rings. The summed E-state index contributed by atoms with van der Waals surface area (Å²) in [6, 6.07) is 0. The van der Waals surface area contributed by atoms with Gasteiger partial charge < -0.3 is 0 Å². The number of rotatable bonds is 3. The predicted molar refractivity (Wildman–Crippen MR) is 67.7 cm³/mol. The van der Waals surface area contributed by atoms with Gasteiger partial charge in [-0.15, -0.1) is 5.73 Å². The Morgan fingerprint density at radius 2 is 2.12 bits per heavy atom. The van der Waals surface area contributed by atoms with E-state index in [2.05, 4.69) is 18.9 Å². The normalized spacial score (nSPS) is 26.1. The molecule has 2 atom stereocenters. The van der Waals surface area contributed by atoms with Crippen molar-refractivity contribution in [1.82, 2.24) is 0 Å². The lowest BCUT2D eigenvalue weighted by molar-refractivity contribution is 0.485. The maximum Gasteiger partial charge on any atom is 0.185 e. The fourth-order valence-corrected chi connectivity index (χ4v) is 4.17. The van der Waals surface area contributed by atoms with Crippen molar-refractivity contribution in [2.24, 2.45) is 5.92 Å². The monoisotopic (exact) mass is 238 g/mol. The smallest absolute Gasteiger partial charge is 0.185 e. The quantitative estimate of drug-likeness (QED) is 0.708. The summed E-state index contributed by atoms with van der Waals surface area (Å²) in [5.74, 6) is 0.137. The van der Waals surface area contributed by atoms with Crippen LogP contribution < -0.4 is 0 Å². The van der Waals surface area contributed by atoms with Crippen molar-refractivity contribution in [3.8, 4) is 0 Å². The first-order chi connectivity index (χ1) is 7.44. The summed E-state index contributed by atoms with van der Waals surface area (Å²) in [5.41, 5.74) is 4.34. The second kappa shape index (κ2) is 4.86. The van der Waals surface area contributed by atoms with Gasteiger partial charge in [-0.3, -0.25) is 0 Å². The lowest BCUT2D eigenvalue weighted by Crippen LogP contribution is -2.31. The van der Waals surface area contributed by atoms with E-state index in [1.165, 1.54) is 0 Å². The molecule has 1 aliphatic rings. The van der Waals surface area contributed by atoms with E-state index in [9.17, 15) is 8.42 Å². The van der Waals surface area contributed by atoms with Crippen LogP contribution in [0.3, 0.4) is 0 Å². The maximum absolute atomic E-state index is 12.0. The molecule has 0 bridgehead atoms. The zero-order valence-corrected chi connectivity index (χ0v) is 10.7. The highest BCUT2D eigenvalue weighted by molar-refractivity contribution is 7.95. The fourth-order valence-electron chi connectivity index (χ4n) is 2.36. The van der Waals surface area contributed by atoms with Gasteiger partial charge in [0.25, 0.3) is 0 Å². The van der Waals surface area contributed by atoms with Gasteiger partial charge in [0.15, 0.2) is 9.84 Å². The molecule has 0 amide bonds. The molecule has 1 aliphatic carbocycles. The zero-order valence-electron chi connectivity index (χ0n) is 9.86. The van der Waals surface area contributed by atoms with Crippen LogP contribution in [0.25, 0.3) is 0 Å². The summed E-state index contributed by atoms with van der Waals surface area (Å²) < 4.78 is 24.1. The van der Waals surface area contributed by atoms with E-state index in [1.807, 2.05) is 13.8 Å². The van der Waals surface area contributed by atoms with E-state index in [0.29, 0.717) is 0 Å². The van der Waals surface area contributed by atoms with E-state index >= 15 is 0 Å². The first-order valence-corrected chi connectivity index (χ1v) is 6.96. The predicted octanol–water partition coefficient (Wildman–Crippen LogP) is 3.00. The van der Waals surface area contributed by atoms with Crippen molar-refractivity contribution in [1.29, 1.82) is 0 Å². The van der Waals surface area contributed by atoms with Crippen molar-refractivity contribution < 1.29 is 8.42 Å². The van der Waals surface area contributed by atoms with Gasteiger partial charge >= 0.3 is 0 Å². The molecule has 16 heavy (non-hydrogen) atoms. The van der Waals surface area contributed by atoms with Crippen molar-refractivity contribution in [3.63, 3.8) is 0 Å². The molecule has 2 nitrogen and oxygen atoms in total. The number of sulfone groups is 1. The third kappa shape index (κ3) is 2.37. The van der Waals surface area contributed by atoms with Crippen molar-refractivity contribution in [2.45, 2.75) is 31.9 Å². The molecular weight excluding hydrogens is 220 g/mol. The molecule has 0 saturated carbocycles. The third-order valence-electron chi connectivity index (χ3n) is 3.17. The van der Waals surface area contributed by atoms with Crippen LogP contribution in [0, 0.1) is 5.92 Å². The second-order valence-corrected chi connectivity index (χ2v) is 6.18. The van der Waals surface area contributed by atoms with Gasteiger partial charge in [-0.2, -0.15) is 0 Å². The Kier molecular flexibility index (Phi) is 3.95. The van der Waals surface area contributed by atoms with Gasteiger partial charge in [0, 0.05) is 0 Å². The fraction of sp³-hybridized carbons (Fsp3) is 0.462. The molecule has 0 aromatic rings. The average Bonchev–Trinajstić information content (AvgIpc) is 2.17. The summed E-state index contributed by atoms with van der Waals surface area (Å²) in [6.45, 7) is 10.9. The number of allylic oxidation sites excluding steroid dienone is 2. The van der Waals surface area contributed by atoms with Gasteiger partial charge in [-0.25, -0.2) is 8.42 Å². The van der Waals surface area contributed by atoms with E-state index in [1.54, 1.807) is 6.08 Å². The summed E-state index contributed by atoms with van der Waals surface area (Å²) in [5, 5.41) is 0.646. The summed E-state index contributed by atoms with van der Waals surface area (Å²) in [4.78, 5) is 0.